The Bertz CT molecular complexity index is 444. The van der Waals surface area contributed by atoms with Crippen molar-refractivity contribution in [2.75, 3.05) is 13.6 Å². The molecule has 16 heavy (non-hydrogen) atoms. The van der Waals surface area contributed by atoms with Crippen molar-refractivity contribution in [2.45, 2.75) is 18.7 Å². The smallest absolute Gasteiger partial charge is 0.218 e. The van der Waals surface area contributed by atoms with Gasteiger partial charge in [-0.2, -0.15) is 0 Å². The molecular formula is C9H15BrN2O2S2. The molecule has 0 spiro atoms. The number of thiophene rings is 1. The van der Waals surface area contributed by atoms with E-state index >= 15 is 0 Å². The standard InChI is InChI=1S/C9H15BrN2O2S2/c1-7(4-11)16(13,14)12(2)5-8-3-9(10)15-6-8/h3,6-7H,4-5,11H2,1-2H3. The van der Waals surface area contributed by atoms with E-state index < -0.39 is 15.3 Å². The molecule has 0 saturated heterocycles. The van der Waals surface area contributed by atoms with Crippen LogP contribution in [-0.4, -0.2) is 31.6 Å². The van der Waals surface area contributed by atoms with Crippen molar-refractivity contribution < 1.29 is 8.42 Å². The number of sulfonamides is 1. The molecular weight excluding hydrogens is 312 g/mol. The third kappa shape index (κ3) is 3.27. The van der Waals surface area contributed by atoms with Gasteiger partial charge in [0.15, 0.2) is 0 Å². The Morgan fingerprint density at radius 3 is 2.69 bits per heavy atom. The zero-order chi connectivity index (χ0) is 12.3. The zero-order valence-electron chi connectivity index (χ0n) is 9.18. The molecule has 1 aromatic rings. The van der Waals surface area contributed by atoms with Gasteiger partial charge in [0.1, 0.15) is 0 Å². The van der Waals surface area contributed by atoms with Gasteiger partial charge < -0.3 is 5.73 Å². The van der Waals surface area contributed by atoms with Crippen LogP contribution in [0.1, 0.15) is 12.5 Å². The molecule has 92 valence electrons. The van der Waals surface area contributed by atoms with Gasteiger partial charge in [0.05, 0.1) is 9.04 Å². The van der Waals surface area contributed by atoms with E-state index in [2.05, 4.69) is 15.9 Å². The van der Waals surface area contributed by atoms with E-state index in [1.54, 1.807) is 25.3 Å². The monoisotopic (exact) mass is 326 g/mol. The summed E-state index contributed by atoms with van der Waals surface area (Å²) >= 11 is 4.89. The second-order valence-corrected chi connectivity index (χ2v) is 8.35. The summed E-state index contributed by atoms with van der Waals surface area (Å²) in [5.41, 5.74) is 6.36. The first-order valence-electron chi connectivity index (χ1n) is 4.76. The van der Waals surface area contributed by atoms with Crippen molar-refractivity contribution in [1.82, 2.24) is 4.31 Å². The van der Waals surface area contributed by atoms with E-state index in [0.717, 1.165) is 9.35 Å². The Hall–Kier alpha value is 0.0500. The Kier molecular flexibility index (Phi) is 4.93. The van der Waals surface area contributed by atoms with Gasteiger partial charge in [0.2, 0.25) is 10.0 Å². The van der Waals surface area contributed by atoms with Gasteiger partial charge in [-0.15, -0.1) is 11.3 Å². The maximum Gasteiger partial charge on any atom is 0.218 e. The Labute approximate surface area is 109 Å². The number of nitrogens with zero attached hydrogens (tertiary/aromatic N) is 1. The number of rotatable bonds is 5. The predicted octanol–water partition coefficient (Wildman–Crippen LogP) is 1.62. The number of hydrogen-bond donors (Lipinski definition) is 1. The van der Waals surface area contributed by atoms with Crippen molar-refractivity contribution in [3.8, 4) is 0 Å². The van der Waals surface area contributed by atoms with Gasteiger partial charge in [-0.3, -0.25) is 0 Å². The molecule has 1 aromatic heterocycles. The van der Waals surface area contributed by atoms with E-state index in [9.17, 15) is 8.42 Å². The molecule has 0 aliphatic carbocycles. The molecule has 1 atom stereocenters. The van der Waals surface area contributed by atoms with Crippen LogP contribution >= 0.6 is 27.3 Å². The third-order valence-electron chi connectivity index (χ3n) is 2.30. The van der Waals surface area contributed by atoms with E-state index in [-0.39, 0.29) is 6.54 Å². The molecule has 0 aliphatic heterocycles. The van der Waals surface area contributed by atoms with Crippen LogP contribution in [0.15, 0.2) is 15.2 Å². The van der Waals surface area contributed by atoms with Crippen LogP contribution in [-0.2, 0) is 16.6 Å². The molecule has 1 rings (SSSR count). The van der Waals surface area contributed by atoms with Crippen molar-refractivity contribution in [1.29, 1.82) is 0 Å². The molecule has 0 aromatic carbocycles. The summed E-state index contributed by atoms with van der Waals surface area (Å²) in [7, 11) is -1.70. The molecule has 0 bridgehead atoms. The molecule has 0 fully saturated rings. The van der Waals surface area contributed by atoms with Crippen molar-refractivity contribution in [3.05, 3.63) is 20.8 Å². The largest absolute Gasteiger partial charge is 0.329 e. The summed E-state index contributed by atoms with van der Waals surface area (Å²) in [5, 5.41) is 1.39. The summed E-state index contributed by atoms with van der Waals surface area (Å²) in [5.74, 6) is 0. The molecule has 0 aliphatic rings. The molecule has 1 unspecified atom stereocenters. The molecule has 0 radical (unpaired) electrons. The molecule has 7 heteroatoms. The third-order valence-corrected chi connectivity index (χ3v) is 6.06. The topological polar surface area (TPSA) is 63.4 Å². The Morgan fingerprint density at radius 1 is 1.62 bits per heavy atom. The Balaban J connectivity index is 2.76. The minimum absolute atomic E-state index is 0.139. The Morgan fingerprint density at radius 2 is 2.25 bits per heavy atom. The normalized spacial score (nSPS) is 14.3. The fourth-order valence-corrected chi connectivity index (χ4v) is 3.59. The highest BCUT2D eigenvalue weighted by Crippen LogP contribution is 2.22. The number of nitrogens with two attached hydrogens (primary N) is 1. The van der Waals surface area contributed by atoms with Gasteiger partial charge >= 0.3 is 0 Å². The van der Waals surface area contributed by atoms with Gasteiger partial charge in [-0.25, -0.2) is 12.7 Å². The maximum absolute atomic E-state index is 11.9. The second kappa shape index (κ2) is 5.59. The lowest BCUT2D eigenvalue weighted by atomic mass is 10.3. The zero-order valence-corrected chi connectivity index (χ0v) is 12.4. The van der Waals surface area contributed by atoms with E-state index in [1.165, 1.54) is 4.31 Å². The van der Waals surface area contributed by atoms with E-state index in [1.807, 2.05) is 11.4 Å². The highest BCUT2D eigenvalue weighted by atomic mass is 79.9. The minimum atomic E-state index is -3.28. The van der Waals surface area contributed by atoms with Gasteiger partial charge in [-0.05, 0) is 39.9 Å². The van der Waals surface area contributed by atoms with Crippen LogP contribution in [0.4, 0.5) is 0 Å². The SMILES string of the molecule is CC(CN)S(=O)(=O)N(C)Cc1csc(Br)c1. The van der Waals surface area contributed by atoms with Crippen molar-refractivity contribution in [3.63, 3.8) is 0 Å². The van der Waals surface area contributed by atoms with Crippen LogP contribution in [0.2, 0.25) is 0 Å². The fourth-order valence-electron chi connectivity index (χ4n) is 1.20. The highest BCUT2D eigenvalue weighted by molar-refractivity contribution is 9.11. The first-order valence-corrected chi connectivity index (χ1v) is 7.93. The molecule has 1 heterocycles. The molecule has 0 saturated carbocycles. The van der Waals surface area contributed by atoms with Crippen LogP contribution in [0.3, 0.4) is 0 Å². The lowest BCUT2D eigenvalue weighted by Gasteiger charge is -2.20. The number of hydrogen-bond acceptors (Lipinski definition) is 4. The van der Waals surface area contributed by atoms with Crippen molar-refractivity contribution in [2.24, 2.45) is 5.73 Å². The minimum Gasteiger partial charge on any atom is -0.329 e. The van der Waals surface area contributed by atoms with E-state index in [0.29, 0.717) is 6.54 Å². The van der Waals surface area contributed by atoms with Crippen molar-refractivity contribution >= 4 is 37.3 Å². The van der Waals surface area contributed by atoms with Gasteiger partial charge in [-0.1, -0.05) is 0 Å². The second-order valence-electron chi connectivity index (χ2n) is 3.61. The van der Waals surface area contributed by atoms with Crippen LogP contribution in [0.25, 0.3) is 0 Å². The summed E-state index contributed by atoms with van der Waals surface area (Å²) in [6.45, 7) is 2.14. The summed E-state index contributed by atoms with van der Waals surface area (Å²) in [6, 6.07) is 1.92. The molecule has 4 nitrogen and oxygen atoms in total. The van der Waals surface area contributed by atoms with E-state index in [4.69, 9.17) is 5.73 Å². The fraction of sp³-hybridized carbons (Fsp3) is 0.556. The average Bonchev–Trinajstić information content (AvgIpc) is 2.62. The van der Waals surface area contributed by atoms with Crippen LogP contribution in [0, 0.1) is 0 Å². The summed E-state index contributed by atoms with van der Waals surface area (Å²) in [4.78, 5) is 0. The van der Waals surface area contributed by atoms with Gasteiger partial charge in [0.25, 0.3) is 0 Å². The summed E-state index contributed by atoms with van der Waals surface area (Å²) < 4.78 is 26.2. The first-order chi connectivity index (χ1) is 7.37. The van der Waals surface area contributed by atoms with Crippen LogP contribution in [0.5, 0.6) is 0 Å². The molecule has 0 amide bonds. The highest BCUT2D eigenvalue weighted by Gasteiger charge is 2.24. The predicted molar refractivity (Wildman–Crippen MR) is 70.9 cm³/mol. The van der Waals surface area contributed by atoms with Crippen LogP contribution < -0.4 is 5.73 Å². The average molecular weight is 327 g/mol. The first kappa shape index (κ1) is 14.1. The molecule has 2 N–H and O–H groups in total. The lowest BCUT2D eigenvalue weighted by Crippen LogP contribution is -2.38. The summed E-state index contributed by atoms with van der Waals surface area (Å²) in [6.07, 6.45) is 0. The number of halogens is 1. The lowest BCUT2D eigenvalue weighted by molar-refractivity contribution is 0.458. The quantitative estimate of drug-likeness (QED) is 0.894. The van der Waals surface area contributed by atoms with Gasteiger partial charge in [0, 0.05) is 20.1 Å². The maximum atomic E-state index is 11.9.